The first-order valence-corrected chi connectivity index (χ1v) is 6.69. The highest BCUT2D eigenvalue weighted by molar-refractivity contribution is 5.64. The van der Waals surface area contributed by atoms with E-state index >= 15 is 0 Å². The van der Waals surface area contributed by atoms with Crippen molar-refractivity contribution in [3.05, 3.63) is 66.4 Å². The van der Waals surface area contributed by atoms with Gasteiger partial charge in [-0.1, -0.05) is 48.5 Å². The minimum absolute atomic E-state index is 0.556. The van der Waals surface area contributed by atoms with Crippen molar-refractivity contribution in [2.75, 3.05) is 6.54 Å². The van der Waals surface area contributed by atoms with Gasteiger partial charge in [-0.2, -0.15) is 0 Å². The zero-order chi connectivity index (χ0) is 13.8. The van der Waals surface area contributed by atoms with E-state index in [1.54, 1.807) is 0 Å². The van der Waals surface area contributed by atoms with Crippen LogP contribution >= 0.6 is 0 Å². The van der Waals surface area contributed by atoms with E-state index in [2.05, 4.69) is 4.98 Å². The lowest BCUT2D eigenvalue weighted by Crippen LogP contribution is -2.03. The van der Waals surface area contributed by atoms with Gasteiger partial charge in [-0.25, -0.2) is 4.98 Å². The van der Waals surface area contributed by atoms with Gasteiger partial charge in [0.05, 0.1) is 5.69 Å². The van der Waals surface area contributed by atoms with Crippen molar-refractivity contribution in [3.63, 3.8) is 0 Å². The monoisotopic (exact) mass is 264 g/mol. The highest BCUT2D eigenvalue weighted by atomic mass is 16.4. The van der Waals surface area contributed by atoms with E-state index in [1.165, 1.54) is 0 Å². The van der Waals surface area contributed by atoms with E-state index in [0.717, 1.165) is 22.6 Å². The quantitative estimate of drug-likeness (QED) is 0.784. The Bertz CT molecular complexity index is 675. The Morgan fingerprint density at radius 1 is 0.850 bits per heavy atom. The Hall–Kier alpha value is -2.39. The van der Waals surface area contributed by atoms with E-state index in [1.807, 2.05) is 60.7 Å². The zero-order valence-electron chi connectivity index (χ0n) is 11.1. The third-order valence-electron chi connectivity index (χ3n) is 3.14. The summed E-state index contributed by atoms with van der Waals surface area (Å²) in [5, 5.41) is 0. The van der Waals surface area contributed by atoms with Crippen molar-refractivity contribution in [2.24, 2.45) is 5.73 Å². The van der Waals surface area contributed by atoms with E-state index in [0.29, 0.717) is 18.9 Å². The second kappa shape index (κ2) is 5.72. The van der Waals surface area contributed by atoms with Gasteiger partial charge in [-0.3, -0.25) is 0 Å². The minimum atomic E-state index is 0.556. The standard InChI is InChI=1S/C17H16N2O/c18-12-11-15-16(13-7-3-1-4-8-13)20-17(19-15)14-9-5-2-6-10-14/h1-10H,11-12,18H2. The summed E-state index contributed by atoms with van der Waals surface area (Å²) in [6.45, 7) is 0.556. The molecule has 0 unspecified atom stereocenters. The van der Waals surface area contributed by atoms with Gasteiger partial charge >= 0.3 is 0 Å². The predicted molar refractivity (Wildman–Crippen MR) is 80.1 cm³/mol. The maximum atomic E-state index is 5.97. The SMILES string of the molecule is NCCc1nc(-c2ccccc2)oc1-c1ccccc1. The summed E-state index contributed by atoms with van der Waals surface area (Å²) in [5.74, 6) is 1.46. The van der Waals surface area contributed by atoms with Crippen LogP contribution in [-0.4, -0.2) is 11.5 Å². The molecule has 2 aromatic carbocycles. The fourth-order valence-corrected chi connectivity index (χ4v) is 2.18. The molecule has 100 valence electrons. The van der Waals surface area contributed by atoms with Gasteiger partial charge in [0.2, 0.25) is 5.89 Å². The van der Waals surface area contributed by atoms with Crippen LogP contribution in [0.3, 0.4) is 0 Å². The average molecular weight is 264 g/mol. The van der Waals surface area contributed by atoms with Crippen molar-refractivity contribution >= 4 is 0 Å². The predicted octanol–water partition coefficient (Wildman–Crippen LogP) is 3.51. The minimum Gasteiger partial charge on any atom is -0.436 e. The summed E-state index contributed by atoms with van der Waals surface area (Å²) in [6.07, 6.45) is 0.709. The van der Waals surface area contributed by atoms with Gasteiger partial charge in [0, 0.05) is 17.5 Å². The smallest absolute Gasteiger partial charge is 0.227 e. The number of hydrogen-bond acceptors (Lipinski definition) is 3. The molecule has 3 aromatic rings. The van der Waals surface area contributed by atoms with E-state index in [9.17, 15) is 0 Å². The maximum Gasteiger partial charge on any atom is 0.227 e. The van der Waals surface area contributed by atoms with Crippen LogP contribution in [0, 0.1) is 0 Å². The molecule has 0 radical (unpaired) electrons. The van der Waals surface area contributed by atoms with Crippen molar-refractivity contribution in [3.8, 4) is 22.8 Å². The average Bonchev–Trinajstić information content (AvgIpc) is 2.94. The molecular formula is C17H16N2O. The summed E-state index contributed by atoms with van der Waals surface area (Å²) in [4.78, 5) is 4.60. The second-order valence-electron chi connectivity index (χ2n) is 4.57. The Balaban J connectivity index is 2.08. The molecule has 0 fully saturated rings. The molecule has 0 saturated carbocycles. The van der Waals surface area contributed by atoms with E-state index in [4.69, 9.17) is 10.2 Å². The van der Waals surface area contributed by atoms with Crippen molar-refractivity contribution in [1.29, 1.82) is 0 Å². The highest BCUT2D eigenvalue weighted by Crippen LogP contribution is 2.29. The molecule has 3 nitrogen and oxygen atoms in total. The summed E-state index contributed by atoms with van der Waals surface area (Å²) in [6, 6.07) is 19.9. The molecule has 1 aromatic heterocycles. The Kier molecular flexibility index (Phi) is 3.61. The first kappa shape index (κ1) is 12.6. The molecule has 0 saturated heterocycles. The van der Waals surface area contributed by atoms with Crippen LogP contribution in [0.25, 0.3) is 22.8 Å². The van der Waals surface area contributed by atoms with Crippen LogP contribution in [-0.2, 0) is 6.42 Å². The molecular weight excluding hydrogens is 248 g/mol. The molecule has 3 rings (SSSR count). The molecule has 0 bridgehead atoms. The first-order valence-electron chi connectivity index (χ1n) is 6.69. The fraction of sp³-hybridized carbons (Fsp3) is 0.118. The maximum absolute atomic E-state index is 5.97. The molecule has 1 heterocycles. The lowest BCUT2D eigenvalue weighted by Gasteiger charge is -1.98. The van der Waals surface area contributed by atoms with Crippen molar-refractivity contribution in [2.45, 2.75) is 6.42 Å². The zero-order valence-corrected chi connectivity index (χ0v) is 11.1. The van der Waals surface area contributed by atoms with Crippen molar-refractivity contribution in [1.82, 2.24) is 4.98 Å². The van der Waals surface area contributed by atoms with Crippen LogP contribution in [0.5, 0.6) is 0 Å². The number of hydrogen-bond donors (Lipinski definition) is 1. The summed E-state index contributed by atoms with van der Waals surface area (Å²) in [5.41, 5.74) is 8.60. The molecule has 0 amide bonds. The third-order valence-corrected chi connectivity index (χ3v) is 3.14. The number of aromatic nitrogens is 1. The second-order valence-corrected chi connectivity index (χ2v) is 4.57. The summed E-state index contributed by atoms with van der Waals surface area (Å²) in [7, 11) is 0. The lowest BCUT2D eigenvalue weighted by atomic mass is 10.1. The highest BCUT2D eigenvalue weighted by Gasteiger charge is 2.15. The van der Waals surface area contributed by atoms with Crippen LogP contribution in [0.1, 0.15) is 5.69 Å². The van der Waals surface area contributed by atoms with Gasteiger partial charge in [0.1, 0.15) is 0 Å². The number of nitrogens with zero attached hydrogens (tertiary/aromatic N) is 1. The Morgan fingerprint density at radius 3 is 2.05 bits per heavy atom. The van der Waals surface area contributed by atoms with Gasteiger partial charge < -0.3 is 10.2 Å². The number of oxazole rings is 1. The number of benzene rings is 2. The van der Waals surface area contributed by atoms with Crippen LogP contribution in [0.4, 0.5) is 0 Å². The molecule has 20 heavy (non-hydrogen) atoms. The molecule has 0 spiro atoms. The largest absolute Gasteiger partial charge is 0.436 e. The van der Waals surface area contributed by atoms with Gasteiger partial charge in [0.25, 0.3) is 0 Å². The van der Waals surface area contributed by atoms with Gasteiger partial charge in [-0.15, -0.1) is 0 Å². The number of nitrogens with two attached hydrogens (primary N) is 1. The Morgan fingerprint density at radius 2 is 1.45 bits per heavy atom. The third kappa shape index (κ3) is 2.49. The molecule has 0 aliphatic heterocycles. The molecule has 2 N–H and O–H groups in total. The van der Waals surface area contributed by atoms with Crippen LogP contribution in [0.2, 0.25) is 0 Å². The van der Waals surface area contributed by atoms with E-state index in [-0.39, 0.29) is 0 Å². The topological polar surface area (TPSA) is 52.0 Å². The fourth-order valence-electron chi connectivity index (χ4n) is 2.18. The molecule has 0 aliphatic carbocycles. The normalized spacial score (nSPS) is 10.7. The van der Waals surface area contributed by atoms with Gasteiger partial charge in [-0.05, 0) is 18.7 Å². The summed E-state index contributed by atoms with van der Waals surface area (Å²) < 4.78 is 5.97. The molecule has 0 aliphatic rings. The lowest BCUT2D eigenvalue weighted by molar-refractivity contribution is 0.587. The van der Waals surface area contributed by atoms with Crippen LogP contribution in [0.15, 0.2) is 65.1 Å². The van der Waals surface area contributed by atoms with E-state index < -0.39 is 0 Å². The summed E-state index contributed by atoms with van der Waals surface area (Å²) >= 11 is 0. The number of rotatable bonds is 4. The van der Waals surface area contributed by atoms with Gasteiger partial charge in [0.15, 0.2) is 5.76 Å². The molecule has 3 heteroatoms. The van der Waals surface area contributed by atoms with Crippen molar-refractivity contribution < 1.29 is 4.42 Å². The first-order chi connectivity index (χ1) is 9.88. The Labute approximate surface area is 118 Å². The molecule has 0 atom stereocenters. The van der Waals surface area contributed by atoms with Crippen LogP contribution < -0.4 is 5.73 Å².